The first-order valence-electron chi connectivity index (χ1n) is 38.5. The first-order chi connectivity index (χ1) is 54.7. The van der Waals surface area contributed by atoms with E-state index in [2.05, 4.69) is 206 Å². The average molecular weight is 1570 g/mol. The number of benzene rings is 6. The van der Waals surface area contributed by atoms with Crippen LogP contribution in [0.1, 0.15) is 137 Å². The second kappa shape index (κ2) is 38.2. The van der Waals surface area contributed by atoms with Gasteiger partial charge in [0.1, 0.15) is 29.0 Å². The van der Waals surface area contributed by atoms with E-state index in [1.807, 2.05) is 135 Å². The van der Waals surface area contributed by atoms with Crippen LogP contribution in [0.2, 0.25) is 0 Å². The van der Waals surface area contributed by atoms with Gasteiger partial charge in [-0.2, -0.15) is 5.10 Å². The maximum absolute atomic E-state index is 12.5. The lowest BCUT2D eigenvalue weighted by Crippen LogP contribution is -2.40. The molecule has 602 valence electrons. The van der Waals surface area contributed by atoms with Crippen LogP contribution in [0.25, 0.3) is 51.0 Å². The van der Waals surface area contributed by atoms with E-state index < -0.39 is 15.6 Å². The molecule has 3 aliphatic heterocycles. The van der Waals surface area contributed by atoms with Crippen LogP contribution in [0.3, 0.4) is 0 Å². The summed E-state index contributed by atoms with van der Waals surface area (Å²) in [4.78, 5) is 20.7. The number of methoxy groups -OCH3 is 4. The van der Waals surface area contributed by atoms with Crippen molar-refractivity contribution in [2.24, 2.45) is 20.8 Å². The zero-order valence-corrected chi connectivity index (χ0v) is 70.4. The number of furan rings is 1. The molecule has 0 saturated carbocycles. The number of imidazole rings is 2. The summed E-state index contributed by atoms with van der Waals surface area (Å²) in [5.74, 6) is 6.53. The monoisotopic (exact) mass is 1570 g/mol. The van der Waals surface area contributed by atoms with Gasteiger partial charge in [-0.15, -0.1) is 5.10 Å². The molecule has 9 heterocycles. The number of anilines is 1. The van der Waals surface area contributed by atoms with Crippen LogP contribution in [0.15, 0.2) is 262 Å². The molecule has 0 saturated heterocycles. The number of aromatic hydroxyl groups is 1. The number of allylic oxidation sites excluding steroid dienone is 3. The summed E-state index contributed by atoms with van der Waals surface area (Å²) in [7, 11) is 2.92. The largest absolute Gasteiger partial charge is 0.508 e. The molecule has 0 aliphatic carbocycles. The van der Waals surface area contributed by atoms with Crippen molar-refractivity contribution in [3.8, 4) is 62.5 Å². The molecule has 0 amide bonds. The third-order valence-electron chi connectivity index (χ3n) is 17.2. The van der Waals surface area contributed by atoms with E-state index in [1.165, 1.54) is 16.8 Å². The number of phenolic OH excluding ortho intramolecular Hbond substituents is 1. The Kier molecular flexibility index (Phi) is 28.4. The zero-order valence-electron chi connectivity index (χ0n) is 69.6. The number of fused-ring (bicyclic) bond motifs is 4. The van der Waals surface area contributed by atoms with E-state index in [-0.39, 0.29) is 22.2 Å². The van der Waals surface area contributed by atoms with Crippen molar-refractivity contribution in [3.63, 3.8) is 0 Å². The molecule has 21 nitrogen and oxygen atoms in total. The van der Waals surface area contributed by atoms with Crippen LogP contribution >= 0.6 is 0 Å². The van der Waals surface area contributed by atoms with Crippen molar-refractivity contribution in [2.45, 2.75) is 151 Å². The minimum Gasteiger partial charge on any atom is -0.508 e. The molecule has 1 unspecified atom stereocenters. The third kappa shape index (κ3) is 25.2. The molecular weight excluding hydrogens is 1460 g/mol. The number of nitrogens with one attached hydrogen (secondary N) is 3. The van der Waals surface area contributed by atoms with Crippen molar-refractivity contribution in [2.75, 3.05) is 40.3 Å². The fraction of sp³-hybridized carbons (Fsp3) is 0.312. The number of aryl methyl sites for hydroxylation is 2. The Labute approximate surface area is 678 Å². The first kappa shape index (κ1) is 85.4. The Hall–Kier alpha value is -12.0. The van der Waals surface area contributed by atoms with Gasteiger partial charge in [0.25, 0.3) is 0 Å². The number of hydrogen-bond acceptors (Lipinski definition) is 17. The maximum atomic E-state index is 12.5. The third-order valence-corrected chi connectivity index (χ3v) is 19.0. The molecule has 115 heavy (non-hydrogen) atoms. The minimum absolute atomic E-state index is 0.0868. The topological polar surface area (TPSA) is 234 Å². The summed E-state index contributed by atoms with van der Waals surface area (Å²) in [5, 5.41) is 25.7. The molecule has 1 atom stereocenters. The first-order valence-corrected chi connectivity index (χ1v) is 40.0. The van der Waals surface area contributed by atoms with Crippen molar-refractivity contribution in [3.05, 3.63) is 276 Å². The molecule has 0 bridgehead atoms. The fourth-order valence-electron chi connectivity index (χ4n) is 12.2. The van der Waals surface area contributed by atoms with Gasteiger partial charge in [0.15, 0.2) is 28.6 Å². The van der Waals surface area contributed by atoms with Crippen molar-refractivity contribution < 1.29 is 36.9 Å². The Morgan fingerprint density at radius 3 is 1.77 bits per heavy atom. The standard InChI is InChI=1S/C25H29N5O4S.C23H22N2O2.C18H17N3O.C17H19N3O.2C5H12/c1-25(2,3)29-35(31,32)19-9-6-17(7-10-19)15-26-23-12-13-24-27-16-20(30(24)28-23)18-8-11-21(33-4)22(14-18)34-5;1-26-22-15-9-18(16-23(22)27-2)21-14-13-20-12-11-19(24-25(20)21)10-8-17-6-4-3-5-7-17;1-2-5-14(6-3-1)17-12-20-18-9-8-15(13-21(17)18)19-11-16-7-4-10-22-16;1-17(2,3)19-13-6-9-16-18-10-15(20(16)11-13)12-4-7-14(21)8-5-12;2*1-5(2,3)4/h6-14,16,29H,15H2,1-5H3,(H,26,28);3-7,9,11-16H,8,10H2,1-2H3;1-10,12,17,19H,11,13H2;4-10,21H,11H2,1-3H3;2*1-4H3. The quantitative estimate of drug-likeness (QED) is 0.0589. The van der Waals surface area contributed by atoms with Crippen molar-refractivity contribution in [1.29, 1.82) is 0 Å². The summed E-state index contributed by atoms with van der Waals surface area (Å²) in [6, 6.07) is 62.8. The number of sulfonamides is 1. The predicted molar refractivity (Wildman–Crippen MR) is 465 cm³/mol. The fourth-order valence-corrected chi connectivity index (χ4v) is 13.6. The van der Waals surface area contributed by atoms with E-state index in [4.69, 9.17) is 33.5 Å². The minimum atomic E-state index is -3.57. The molecule has 22 heteroatoms. The summed E-state index contributed by atoms with van der Waals surface area (Å²) in [6.07, 6.45) is 17.4. The molecule has 15 rings (SSSR count). The molecule has 12 aromatic rings. The normalized spacial score (nSPS) is 14.0. The molecule has 0 fully saturated rings. The lowest BCUT2D eigenvalue weighted by atomic mass is 10.0. The Balaban J connectivity index is 0.000000158. The van der Waals surface area contributed by atoms with Gasteiger partial charge < -0.3 is 48.6 Å². The van der Waals surface area contributed by atoms with Crippen LogP contribution in [0, 0.1) is 10.8 Å². The van der Waals surface area contributed by atoms with Gasteiger partial charge in [-0.25, -0.2) is 37.1 Å². The number of ether oxygens (including phenoxy) is 4. The highest BCUT2D eigenvalue weighted by molar-refractivity contribution is 7.89. The van der Waals surface area contributed by atoms with E-state index in [1.54, 1.807) is 81.8 Å². The number of aromatic nitrogens is 7. The Bertz CT molecular complexity index is 5420. The lowest BCUT2D eigenvalue weighted by Gasteiger charge is -2.30. The van der Waals surface area contributed by atoms with E-state index in [9.17, 15) is 13.5 Å². The smallest absolute Gasteiger partial charge is 0.241 e. The summed E-state index contributed by atoms with van der Waals surface area (Å²) >= 11 is 0. The highest BCUT2D eigenvalue weighted by Gasteiger charge is 2.29. The van der Waals surface area contributed by atoms with Crippen LogP contribution in [0.5, 0.6) is 28.7 Å². The summed E-state index contributed by atoms with van der Waals surface area (Å²) < 4.78 is 60.5. The van der Waals surface area contributed by atoms with Crippen molar-refractivity contribution >= 4 is 45.0 Å². The maximum Gasteiger partial charge on any atom is 0.241 e. The highest BCUT2D eigenvalue weighted by atomic mass is 32.2. The molecule has 6 aromatic carbocycles. The predicted octanol–water partition coefficient (Wildman–Crippen LogP) is 19.8. The van der Waals surface area contributed by atoms with Gasteiger partial charge in [0.05, 0.1) is 117 Å². The SMILES string of the molecule is C1=NC2=CC=C(NCc3ccco3)CN2C1c1ccccc1.CC(C)(C)C.CC(C)(C)C.CC(C)(C)N=C1C=Cc2ncc(-c3ccc(O)cc3)n2C1.COc1ccc(-c2ccc3ccc(CCc4ccccc4)nn23)cc1OC.COc1ccc(-c2cnc3ccc(NCc4ccc(S(=O)(=O)NC(C)(C)C)cc4)nn23)cc1OC. The second-order valence-electron chi connectivity index (χ2n) is 33.1. The van der Waals surface area contributed by atoms with Crippen LogP contribution in [-0.4, -0.2) is 110 Å². The molecule has 0 spiro atoms. The van der Waals surface area contributed by atoms with Crippen molar-refractivity contribution in [1.82, 2.24) is 48.7 Å². The van der Waals surface area contributed by atoms with Gasteiger partial charge in [0, 0.05) is 40.7 Å². The van der Waals surface area contributed by atoms with Gasteiger partial charge in [-0.05, 0) is 228 Å². The molecule has 6 aromatic heterocycles. The molecular formula is C93H111N13O8S. The number of phenols is 1. The Morgan fingerprint density at radius 2 is 1.16 bits per heavy atom. The number of hydrogen-bond donors (Lipinski definition) is 4. The molecule has 3 aliphatic rings. The van der Waals surface area contributed by atoms with Crippen LogP contribution in [-0.2, 0) is 42.5 Å². The summed E-state index contributed by atoms with van der Waals surface area (Å²) in [6.45, 7) is 31.9. The average Bonchev–Trinajstić information content (AvgIpc) is 1.68. The van der Waals surface area contributed by atoms with Crippen LogP contribution < -0.4 is 34.3 Å². The van der Waals surface area contributed by atoms with E-state index in [0.717, 1.165) is 105 Å². The summed E-state index contributed by atoms with van der Waals surface area (Å²) in [5.41, 5.74) is 14.8. The van der Waals surface area contributed by atoms with Gasteiger partial charge >= 0.3 is 0 Å². The molecule has 0 radical (unpaired) electrons. The van der Waals surface area contributed by atoms with Crippen LogP contribution in [0.4, 0.5) is 5.82 Å². The van der Waals surface area contributed by atoms with Gasteiger partial charge in [0.2, 0.25) is 10.0 Å². The van der Waals surface area contributed by atoms with E-state index >= 15 is 0 Å². The Morgan fingerprint density at radius 1 is 0.548 bits per heavy atom. The highest BCUT2D eigenvalue weighted by Crippen LogP contribution is 2.36. The number of nitrogens with zero attached hydrogens (tertiary/aromatic N) is 10. The number of rotatable bonds is 19. The van der Waals surface area contributed by atoms with Gasteiger partial charge in [-0.1, -0.05) is 128 Å². The molecule has 4 N–H and O–H groups in total. The zero-order chi connectivity index (χ0) is 82.7. The van der Waals surface area contributed by atoms with Gasteiger partial charge in [-0.3, -0.25) is 4.99 Å². The lowest BCUT2D eigenvalue weighted by molar-refractivity contribution is 0.342. The second-order valence-corrected chi connectivity index (χ2v) is 34.8. The van der Waals surface area contributed by atoms with E-state index in [0.29, 0.717) is 52.6 Å². The number of aliphatic imine (C=N–C) groups is 2.